The molecule has 0 aromatic heterocycles. The molecule has 0 unspecified atom stereocenters. The van der Waals surface area contributed by atoms with E-state index in [2.05, 4.69) is 40.7 Å². The van der Waals surface area contributed by atoms with Gasteiger partial charge in [0.25, 0.3) is 0 Å². The first-order chi connectivity index (χ1) is 14.3. The summed E-state index contributed by atoms with van der Waals surface area (Å²) in [5.74, 6) is 0.487. The van der Waals surface area contributed by atoms with Crippen LogP contribution in [0.2, 0.25) is 0 Å². The molecule has 0 N–H and O–H groups in total. The number of carbonyl (C=O) groups is 2. The Morgan fingerprint density at radius 2 is 1.30 bits per heavy atom. The molecule has 0 aliphatic heterocycles. The zero-order valence-corrected chi connectivity index (χ0v) is 20.3. The third-order valence-electron chi connectivity index (χ3n) is 4.97. The Morgan fingerprint density at radius 3 is 1.87 bits per heavy atom. The average molecular weight is 423 g/mol. The molecule has 4 heteroatoms. The first-order valence-corrected chi connectivity index (χ1v) is 11.9. The molecule has 0 saturated carbocycles. The Bertz CT molecular complexity index is 513. The van der Waals surface area contributed by atoms with Gasteiger partial charge in [0.05, 0.1) is 6.61 Å². The van der Waals surface area contributed by atoms with Crippen molar-refractivity contribution in [2.24, 2.45) is 5.92 Å². The van der Waals surface area contributed by atoms with E-state index in [1.165, 1.54) is 11.1 Å². The van der Waals surface area contributed by atoms with Crippen LogP contribution in [0.4, 0.5) is 0 Å². The maximum Gasteiger partial charge on any atom is 0.306 e. The van der Waals surface area contributed by atoms with Crippen molar-refractivity contribution in [1.82, 2.24) is 0 Å². The van der Waals surface area contributed by atoms with Gasteiger partial charge in [-0.1, -0.05) is 56.8 Å². The van der Waals surface area contributed by atoms with E-state index in [9.17, 15) is 9.59 Å². The Morgan fingerprint density at radius 1 is 0.733 bits per heavy atom. The molecule has 0 aromatic rings. The third-order valence-corrected chi connectivity index (χ3v) is 4.97. The normalized spacial score (nSPS) is 11.5. The highest BCUT2D eigenvalue weighted by Crippen LogP contribution is 2.11. The Labute approximate surface area is 185 Å². The number of esters is 2. The molecule has 0 bridgehead atoms. The van der Waals surface area contributed by atoms with Gasteiger partial charge in [-0.15, -0.1) is 0 Å². The Kier molecular flexibility index (Phi) is 18.4. The highest BCUT2D eigenvalue weighted by Gasteiger charge is 2.04. The molecule has 0 aromatic carbocycles. The molecule has 0 aliphatic rings. The predicted octanol–water partition coefficient (Wildman–Crippen LogP) is 7.32. The maximum atomic E-state index is 11.8. The molecular weight excluding hydrogens is 376 g/mol. The van der Waals surface area contributed by atoms with Gasteiger partial charge >= 0.3 is 11.9 Å². The average Bonchev–Trinajstić information content (AvgIpc) is 2.66. The summed E-state index contributed by atoms with van der Waals surface area (Å²) in [7, 11) is 0. The van der Waals surface area contributed by atoms with Crippen molar-refractivity contribution < 1.29 is 19.1 Å². The number of allylic oxidation sites excluding steroid dienone is 3. The van der Waals surface area contributed by atoms with E-state index >= 15 is 0 Å². The van der Waals surface area contributed by atoms with Crippen LogP contribution in [-0.4, -0.2) is 25.2 Å². The van der Waals surface area contributed by atoms with Crippen molar-refractivity contribution in [2.45, 2.75) is 112 Å². The van der Waals surface area contributed by atoms with Crippen LogP contribution in [0.15, 0.2) is 23.3 Å². The fourth-order valence-electron chi connectivity index (χ4n) is 3.04. The molecule has 0 radical (unpaired) electrons. The molecule has 30 heavy (non-hydrogen) atoms. The van der Waals surface area contributed by atoms with E-state index in [1.807, 2.05) is 6.08 Å². The lowest BCUT2D eigenvalue weighted by Gasteiger charge is -2.06. The lowest BCUT2D eigenvalue weighted by molar-refractivity contribution is -0.144. The Hall–Kier alpha value is -1.58. The molecule has 4 nitrogen and oxygen atoms in total. The molecule has 174 valence electrons. The second-order valence-electron chi connectivity index (χ2n) is 8.93. The van der Waals surface area contributed by atoms with Gasteiger partial charge in [-0.2, -0.15) is 0 Å². The smallest absolute Gasteiger partial charge is 0.306 e. The number of ether oxygens (including phenoxy) is 2. The van der Waals surface area contributed by atoms with E-state index in [0.717, 1.165) is 64.2 Å². The molecule has 0 heterocycles. The third kappa shape index (κ3) is 21.1. The van der Waals surface area contributed by atoms with Gasteiger partial charge in [0, 0.05) is 12.8 Å². The maximum absolute atomic E-state index is 11.8. The summed E-state index contributed by atoms with van der Waals surface area (Å²) in [6.45, 7) is 11.6. The highest BCUT2D eigenvalue weighted by atomic mass is 16.5. The fourth-order valence-corrected chi connectivity index (χ4v) is 3.04. The van der Waals surface area contributed by atoms with Gasteiger partial charge in [-0.25, -0.2) is 0 Å². The summed E-state index contributed by atoms with van der Waals surface area (Å²) in [6.07, 6.45) is 15.4. The number of carbonyl (C=O) groups excluding carboxylic acids is 2. The quantitative estimate of drug-likeness (QED) is 0.132. The minimum Gasteiger partial charge on any atom is -0.466 e. The SMILES string of the molecule is CC(C)=CCC/C(C)=C/COC(=O)CCCCCCCCC(=O)OCCCC(C)C. The van der Waals surface area contributed by atoms with Crippen LogP contribution in [0.25, 0.3) is 0 Å². The first kappa shape index (κ1) is 28.4. The lowest BCUT2D eigenvalue weighted by Crippen LogP contribution is -2.06. The predicted molar refractivity (Wildman–Crippen MR) is 125 cm³/mol. The van der Waals surface area contributed by atoms with Crippen LogP contribution < -0.4 is 0 Å². The minimum atomic E-state index is -0.108. The van der Waals surface area contributed by atoms with Crippen LogP contribution >= 0.6 is 0 Å². The van der Waals surface area contributed by atoms with E-state index in [4.69, 9.17) is 9.47 Å². The highest BCUT2D eigenvalue weighted by molar-refractivity contribution is 5.69. The van der Waals surface area contributed by atoms with Crippen LogP contribution in [0.1, 0.15) is 112 Å². The molecule has 0 saturated heterocycles. The summed E-state index contributed by atoms with van der Waals surface area (Å²) in [5, 5.41) is 0. The molecule has 0 aliphatic carbocycles. The molecular formula is C26H46O4. The summed E-state index contributed by atoms with van der Waals surface area (Å²) in [4.78, 5) is 23.4. The topological polar surface area (TPSA) is 52.6 Å². The summed E-state index contributed by atoms with van der Waals surface area (Å²) >= 11 is 0. The molecule has 0 atom stereocenters. The zero-order valence-electron chi connectivity index (χ0n) is 20.3. The molecule has 0 fully saturated rings. The van der Waals surface area contributed by atoms with Gasteiger partial charge in [0.15, 0.2) is 0 Å². The first-order valence-electron chi connectivity index (χ1n) is 11.9. The number of rotatable bonds is 18. The second-order valence-corrected chi connectivity index (χ2v) is 8.93. The number of hydrogen-bond donors (Lipinski definition) is 0. The van der Waals surface area contributed by atoms with Gasteiger partial charge < -0.3 is 9.47 Å². The van der Waals surface area contributed by atoms with E-state index in [-0.39, 0.29) is 11.9 Å². The van der Waals surface area contributed by atoms with Crippen molar-refractivity contribution in [1.29, 1.82) is 0 Å². The van der Waals surface area contributed by atoms with Crippen molar-refractivity contribution in [2.75, 3.05) is 13.2 Å². The number of hydrogen-bond acceptors (Lipinski definition) is 4. The summed E-state index contributed by atoms with van der Waals surface area (Å²) < 4.78 is 10.5. The van der Waals surface area contributed by atoms with Gasteiger partial charge in [0.2, 0.25) is 0 Å². The van der Waals surface area contributed by atoms with Crippen molar-refractivity contribution >= 4 is 11.9 Å². The van der Waals surface area contributed by atoms with E-state index in [0.29, 0.717) is 32.0 Å². The lowest BCUT2D eigenvalue weighted by atomic mass is 10.1. The molecule has 0 rings (SSSR count). The zero-order chi connectivity index (χ0) is 22.6. The second kappa shape index (κ2) is 19.4. The standard InChI is InChI=1S/C26H46O4/c1-22(2)14-12-16-24(5)19-21-30-26(28)18-11-9-7-6-8-10-17-25(27)29-20-13-15-23(3)4/h14,19,23H,6-13,15-18,20-21H2,1-5H3/b24-19+. The van der Waals surface area contributed by atoms with Crippen molar-refractivity contribution in [3.05, 3.63) is 23.3 Å². The monoisotopic (exact) mass is 422 g/mol. The molecule has 0 amide bonds. The van der Waals surface area contributed by atoms with Crippen molar-refractivity contribution in [3.8, 4) is 0 Å². The van der Waals surface area contributed by atoms with Gasteiger partial charge in [0.1, 0.15) is 6.61 Å². The number of unbranched alkanes of at least 4 members (excludes halogenated alkanes) is 5. The van der Waals surface area contributed by atoms with Crippen molar-refractivity contribution in [3.63, 3.8) is 0 Å². The molecule has 0 spiro atoms. The summed E-state index contributed by atoms with van der Waals surface area (Å²) in [5.41, 5.74) is 2.60. The van der Waals surface area contributed by atoms with E-state index < -0.39 is 0 Å². The fraction of sp³-hybridized carbons (Fsp3) is 0.769. The summed E-state index contributed by atoms with van der Waals surface area (Å²) in [6, 6.07) is 0. The van der Waals surface area contributed by atoms with Gasteiger partial charge in [-0.05, 0) is 71.3 Å². The van der Waals surface area contributed by atoms with Crippen LogP contribution in [0.5, 0.6) is 0 Å². The van der Waals surface area contributed by atoms with Gasteiger partial charge in [-0.3, -0.25) is 9.59 Å². The minimum absolute atomic E-state index is 0.0669. The Balaban J connectivity index is 3.50. The largest absolute Gasteiger partial charge is 0.466 e. The van der Waals surface area contributed by atoms with Crippen LogP contribution in [0.3, 0.4) is 0 Å². The van der Waals surface area contributed by atoms with Crippen LogP contribution in [-0.2, 0) is 19.1 Å². The van der Waals surface area contributed by atoms with Crippen LogP contribution in [0, 0.1) is 5.92 Å². The van der Waals surface area contributed by atoms with E-state index in [1.54, 1.807) is 0 Å².